The summed E-state index contributed by atoms with van der Waals surface area (Å²) in [6.45, 7) is 0. The van der Waals surface area contributed by atoms with Crippen molar-refractivity contribution in [1.29, 1.82) is 0 Å². The molecule has 0 fully saturated rings. The van der Waals surface area contributed by atoms with Gasteiger partial charge in [0.1, 0.15) is 0 Å². The number of nitrogens with zero attached hydrogens (tertiary/aromatic N) is 6. The van der Waals surface area contributed by atoms with Crippen molar-refractivity contribution >= 4 is 0 Å². The Hall–Kier alpha value is -6.66. The third-order valence-electron chi connectivity index (χ3n) is 8.20. The summed E-state index contributed by atoms with van der Waals surface area (Å²) in [5.74, 6) is 0. The van der Waals surface area contributed by atoms with Gasteiger partial charge in [0.25, 0.3) is 0 Å². The molecule has 0 bridgehead atoms. The van der Waals surface area contributed by atoms with E-state index < -0.39 is 0 Å². The summed E-state index contributed by atoms with van der Waals surface area (Å²) in [6, 6.07) is 41.3. The monoisotopic (exact) mass is 616 g/mol. The zero-order valence-corrected chi connectivity index (χ0v) is 25.8. The van der Waals surface area contributed by atoms with Crippen molar-refractivity contribution in [2.45, 2.75) is 0 Å². The molecule has 48 heavy (non-hydrogen) atoms. The Bertz CT molecular complexity index is 2040. The van der Waals surface area contributed by atoms with Crippen LogP contribution in [0.25, 0.3) is 78.4 Å². The van der Waals surface area contributed by atoms with Crippen molar-refractivity contribution in [1.82, 2.24) is 29.9 Å². The van der Waals surface area contributed by atoms with Crippen molar-refractivity contribution < 1.29 is 0 Å². The van der Waals surface area contributed by atoms with E-state index in [0.29, 0.717) is 0 Å². The van der Waals surface area contributed by atoms with Gasteiger partial charge in [0, 0.05) is 83.0 Å². The maximum atomic E-state index is 5.14. The molecule has 6 heteroatoms. The Labute approximate surface area is 278 Å². The molecule has 0 amide bonds. The Balaban J connectivity index is 1.21. The topological polar surface area (TPSA) is 77.3 Å². The first-order chi connectivity index (χ1) is 23.8. The van der Waals surface area contributed by atoms with E-state index in [2.05, 4.69) is 80.6 Å². The highest BCUT2D eigenvalue weighted by Crippen LogP contribution is 2.34. The SMILES string of the molecule is c1cncc(-c2cc(-c3cccnc3)cc(-c3cccc(-c4cccc(-c5cc(-c6cccnc6)cc(-c6cccnc6)c5)n4)n3)c2)c1. The maximum Gasteiger partial charge on any atom is 0.0893 e. The molecule has 226 valence electrons. The molecule has 0 aliphatic rings. The minimum Gasteiger partial charge on any atom is -0.264 e. The van der Waals surface area contributed by atoms with Crippen LogP contribution in [0.15, 0.2) is 171 Å². The van der Waals surface area contributed by atoms with E-state index in [9.17, 15) is 0 Å². The fourth-order valence-electron chi connectivity index (χ4n) is 5.83. The molecule has 6 heterocycles. The molecule has 0 saturated heterocycles. The number of benzene rings is 2. The van der Waals surface area contributed by atoms with Gasteiger partial charge < -0.3 is 0 Å². The minimum atomic E-state index is 0.792. The lowest BCUT2D eigenvalue weighted by atomic mass is 9.96. The molecule has 2 aromatic carbocycles. The second-order valence-electron chi connectivity index (χ2n) is 11.4. The summed E-state index contributed by atoms with van der Waals surface area (Å²) in [6.07, 6.45) is 14.7. The second-order valence-corrected chi connectivity index (χ2v) is 11.4. The van der Waals surface area contributed by atoms with Crippen LogP contribution in [0, 0.1) is 0 Å². The van der Waals surface area contributed by atoms with E-state index in [-0.39, 0.29) is 0 Å². The molecular weight excluding hydrogens is 589 g/mol. The van der Waals surface area contributed by atoms with Gasteiger partial charge in [0.15, 0.2) is 0 Å². The second kappa shape index (κ2) is 13.0. The standard InChI is InChI=1S/C42H28N6/c1-11-39(37-21-33(29-7-3-15-43-25-29)19-34(22-37)30-8-4-16-44-26-30)47-41(13-1)42-14-2-12-40(48-42)38-23-35(31-9-5-17-45-27-31)20-36(24-38)32-10-6-18-46-28-32/h1-28H. The van der Waals surface area contributed by atoms with Crippen LogP contribution >= 0.6 is 0 Å². The van der Waals surface area contributed by atoms with Gasteiger partial charge in [-0.15, -0.1) is 0 Å². The quantitative estimate of drug-likeness (QED) is 0.177. The van der Waals surface area contributed by atoms with E-state index >= 15 is 0 Å². The van der Waals surface area contributed by atoms with Crippen LogP contribution in [0.1, 0.15) is 0 Å². The molecule has 0 spiro atoms. The third-order valence-corrected chi connectivity index (χ3v) is 8.20. The normalized spacial score (nSPS) is 10.9. The summed E-state index contributed by atoms with van der Waals surface area (Å²) >= 11 is 0. The molecule has 6 nitrogen and oxygen atoms in total. The molecule has 0 atom stereocenters. The number of rotatable bonds is 7. The Morgan fingerprint density at radius 1 is 0.250 bits per heavy atom. The van der Waals surface area contributed by atoms with Gasteiger partial charge in [-0.05, 0) is 107 Å². The van der Waals surface area contributed by atoms with Gasteiger partial charge in [-0.1, -0.05) is 36.4 Å². The first-order valence-corrected chi connectivity index (χ1v) is 15.6. The smallest absolute Gasteiger partial charge is 0.0893 e. The van der Waals surface area contributed by atoms with Crippen LogP contribution in [-0.2, 0) is 0 Å². The Kier molecular flexibility index (Phi) is 7.79. The van der Waals surface area contributed by atoms with Gasteiger partial charge in [-0.25, -0.2) is 9.97 Å². The van der Waals surface area contributed by atoms with Crippen molar-refractivity contribution in [3.8, 4) is 78.4 Å². The van der Waals surface area contributed by atoms with Crippen LogP contribution < -0.4 is 0 Å². The number of aromatic nitrogens is 6. The lowest BCUT2D eigenvalue weighted by Gasteiger charge is -2.12. The van der Waals surface area contributed by atoms with Gasteiger partial charge in [-0.2, -0.15) is 0 Å². The first kappa shape index (κ1) is 28.8. The Morgan fingerprint density at radius 3 is 0.833 bits per heavy atom. The summed E-state index contributed by atoms with van der Waals surface area (Å²) in [5.41, 5.74) is 13.7. The van der Waals surface area contributed by atoms with Gasteiger partial charge in [-0.3, -0.25) is 19.9 Å². The van der Waals surface area contributed by atoms with Gasteiger partial charge in [0.05, 0.1) is 22.8 Å². The Morgan fingerprint density at radius 2 is 0.542 bits per heavy atom. The molecule has 0 N–H and O–H groups in total. The van der Waals surface area contributed by atoms with E-state index in [1.807, 2.05) is 85.5 Å². The molecule has 0 unspecified atom stereocenters. The third kappa shape index (κ3) is 6.10. The van der Waals surface area contributed by atoms with Crippen molar-refractivity contribution in [2.75, 3.05) is 0 Å². The van der Waals surface area contributed by atoms with Crippen LogP contribution in [0.2, 0.25) is 0 Å². The summed E-state index contributed by atoms with van der Waals surface area (Å²) in [5, 5.41) is 0. The highest BCUT2D eigenvalue weighted by Gasteiger charge is 2.13. The predicted molar refractivity (Wildman–Crippen MR) is 191 cm³/mol. The zero-order chi connectivity index (χ0) is 32.1. The maximum absolute atomic E-state index is 5.14. The molecule has 0 aliphatic heterocycles. The lowest BCUT2D eigenvalue weighted by molar-refractivity contribution is 1.25. The van der Waals surface area contributed by atoms with Crippen LogP contribution in [-0.4, -0.2) is 29.9 Å². The van der Waals surface area contributed by atoms with E-state index in [4.69, 9.17) is 9.97 Å². The van der Waals surface area contributed by atoms with Gasteiger partial charge >= 0.3 is 0 Å². The summed E-state index contributed by atoms with van der Waals surface area (Å²) in [4.78, 5) is 27.7. The average molecular weight is 617 g/mol. The van der Waals surface area contributed by atoms with Crippen molar-refractivity contribution in [2.24, 2.45) is 0 Å². The molecular formula is C42H28N6. The summed E-state index contributed by atoms with van der Waals surface area (Å²) in [7, 11) is 0. The molecule has 0 radical (unpaired) electrons. The minimum absolute atomic E-state index is 0.792. The largest absolute Gasteiger partial charge is 0.264 e. The fourth-order valence-corrected chi connectivity index (χ4v) is 5.83. The number of hydrogen-bond donors (Lipinski definition) is 0. The average Bonchev–Trinajstić information content (AvgIpc) is 3.19. The van der Waals surface area contributed by atoms with E-state index in [1.54, 1.807) is 24.8 Å². The fraction of sp³-hybridized carbons (Fsp3) is 0. The molecule has 6 aromatic heterocycles. The van der Waals surface area contributed by atoms with E-state index in [0.717, 1.165) is 78.4 Å². The van der Waals surface area contributed by atoms with Crippen LogP contribution in [0.5, 0.6) is 0 Å². The van der Waals surface area contributed by atoms with E-state index in [1.165, 1.54) is 0 Å². The molecule has 0 aliphatic carbocycles. The summed E-state index contributed by atoms with van der Waals surface area (Å²) < 4.78 is 0. The predicted octanol–water partition coefficient (Wildman–Crippen LogP) is 9.73. The highest BCUT2D eigenvalue weighted by atomic mass is 14.8. The van der Waals surface area contributed by atoms with Gasteiger partial charge in [0.2, 0.25) is 0 Å². The van der Waals surface area contributed by atoms with Crippen LogP contribution in [0.4, 0.5) is 0 Å². The van der Waals surface area contributed by atoms with Crippen LogP contribution in [0.3, 0.4) is 0 Å². The highest BCUT2D eigenvalue weighted by molar-refractivity contribution is 5.82. The number of hydrogen-bond acceptors (Lipinski definition) is 6. The van der Waals surface area contributed by atoms with Crippen molar-refractivity contribution in [3.63, 3.8) is 0 Å². The molecule has 8 rings (SSSR count). The number of pyridine rings is 6. The molecule has 0 saturated carbocycles. The zero-order valence-electron chi connectivity index (χ0n) is 25.8. The first-order valence-electron chi connectivity index (χ1n) is 15.6. The van der Waals surface area contributed by atoms with Crippen molar-refractivity contribution in [3.05, 3.63) is 171 Å². The molecule has 8 aromatic rings. The lowest BCUT2D eigenvalue weighted by Crippen LogP contribution is -1.94.